The first-order chi connectivity index (χ1) is 12.9. The fourth-order valence-corrected chi connectivity index (χ4v) is 3.14. The summed E-state index contributed by atoms with van der Waals surface area (Å²) in [7, 11) is 0. The van der Waals surface area contributed by atoms with E-state index in [0.717, 1.165) is 30.5 Å². The highest BCUT2D eigenvalue weighted by atomic mass is 19.4. The maximum Gasteiger partial charge on any atom is 0.416 e. The summed E-state index contributed by atoms with van der Waals surface area (Å²) in [5.74, 6) is -0.228. The molecule has 1 aliphatic heterocycles. The number of hydrogen-bond acceptors (Lipinski definition) is 3. The molecule has 1 saturated heterocycles. The van der Waals surface area contributed by atoms with E-state index in [1.54, 1.807) is 29.4 Å². The lowest BCUT2D eigenvalue weighted by molar-refractivity contribution is -0.138. The van der Waals surface area contributed by atoms with Crippen LogP contribution in [0.5, 0.6) is 0 Å². The Labute approximate surface area is 156 Å². The van der Waals surface area contributed by atoms with E-state index in [9.17, 15) is 18.0 Å². The third kappa shape index (κ3) is 5.53. The Morgan fingerprint density at radius 1 is 1.22 bits per heavy atom. The Morgan fingerprint density at radius 2 is 2.04 bits per heavy atom. The average Bonchev–Trinajstić information content (AvgIpc) is 3.15. The van der Waals surface area contributed by atoms with E-state index >= 15 is 0 Å². The van der Waals surface area contributed by atoms with E-state index < -0.39 is 11.7 Å². The summed E-state index contributed by atoms with van der Waals surface area (Å²) in [4.78, 5) is 18.5. The number of rotatable bonds is 6. The third-order valence-electron chi connectivity index (χ3n) is 4.51. The second-order valence-electron chi connectivity index (χ2n) is 6.65. The van der Waals surface area contributed by atoms with Crippen LogP contribution in [0, 0.1) is 0 Å². The van der Waals surface area contributed by atoms with Gasteiger partial charge >= 0.3 is 6.18 Å². The molecule has 1 aromatic carbocycles. The highest BCUT2D eigenvalue weighted by Gasteiger charge is 2.30. The van der Waals surface area contributed by atoms with Crippen molar-refractivity contribution < 1.29 is 22.7 Å². The van der Waals surface area contributed by atoms with Crippen LogP contribution in [-0.4, -0.2) is 35.0 Å². The molecule has 3 rings (SSSR count). The second-order valence-corrected chi connectivity index (χ2v) is 6.65. The molecule has 0 bridgehead atoms. The lowest BCUT2D eigenvalue weighted by Gasteiger charge is -2.26. The van der Waals surface area contributed by atoms with E-state index in [1.807, 2.05) is 6.07 Å². The standard InChI is InChI=1S/C20H21F3N2O2/c21-20(22,23)17-6-1-4-15(10-17)11-19(26)25(14-18-7-3-9-27-18)13-16-5-2-8-24-12-16/h1-2,4-6,8,10,12,18H,3,7,9,11,13-14H2/t18-/m0/s1. The summed E-state index contributed by atoms with van der Waals surface area (Å²) in [5.41, 5.74) is 0.469. The molecule has 0 radical (unpaired) electrons. The molecule has 1 aliphatic rings. The van der Waals surface area contributed by atoms with Gasteiger partial charge in [0.05, 0.1) is 18.1 Å². The topological polar surface area (TPSA) is 42.4 Å². The first kappa shape index (κ1) is 19.4. The number of amides is 1. The lowest BCUT2D eigenvalue weighted by Crippen LogP contribution is -2.37. The van der Waals surface area contributed by atoms with Crippen molar-refractivity contribution in [2.75, 3.05) is 13.2 Å². The van der Waals surface area contributed by atoms with Crippen LogP contribution in [0.2, 0.25) is 0 Å². The van der Waals surface area contributed by atoms with Crippen molar-refractivity contribution in [3.63, 3.8) is 0 Å². The van der Waals surface area contributed by atoms with Crippen molar-refractivity contribution in [3.8, 4) is 0 Å². The summed E-state index contributed by atoms with van der Waals surface area (Å²) < 4.78 is 44.3. The van der Waals surface area contributed by atoms with E-state index in [4.69, 9.17) is 4.74 Å². The predicted molar refractivity (Wildman–Crippen MR) is 93.8 cm³/mol. The van der Waals surface area contributed by atoms with Gasteiger partial charge in [-0.2, -0.15) is 13.2 Å². The maximum absolute atomic E-state index is 12.9. The zero-order valence-corrected chi connectivity index (χ0v) is 14.8. The first-order valence-electron chi connectivity index (χ1n) is 8.86. The number of nitrogens with zero attached hydrogens (tertiary/aromatic N) is 2. The van der Waals surface area contributed by atoms with Gasteiger partial charge in [-0.1, -0.05) is 24.3 Å². The first-order valence-corrected chi connectivity index (χ1v) is 8.86. The monoisotopic (exact) mass is 378 g/mol. The molecule has 2 aromatic rings. The number of ether oxygens (including phenoxy) is 1. The summed E-state index contributed by atoms with van der Waals surface area (Å²) >= 11 is 0. The molecule has 0 aliphatic carbocycles. The fraction of sp³-hybridized carbons (Fsp3) is 0.400. The van der Waals surface area contributed by atoms with Crippen molar-refractivity contribution in [3.05, 3.63) is 65.5 Å². The number of pyridine rings is 1. The van der Waals surface area contributed by atoms with Crippen molar-refractivity contribution in [1.82, 2.24) is 9.88 Å². The Balaban J connectivity index is 1.73. The van der Waals surface area contributed by atoms with Crippen molar-refractivity contribution >= 4 is 5.91 Å². The fourth-order valence-electron chi connectivity index (χ4n) is 3.14. The van der Waals surface area contributed by atoms with Gasteiger partial charge in [-0.15, -0.1) is 0 Å². The molecule has 1 amide bonds. The summed E-state index contributed by atoms with van der Waals surface area (Å²) in [5, 5.41) is 0. The van der Waals surface area contributed by atoms with Crippen LogP contribution in [0.1, 0.15) is 29.5 Å². The molecule has 2 heterocycles. The van der Waals surface area contributed by atoms with Crippen LogP contribution in [0.25, 0.3) is 0 Å². The maximum atomic E-state index is 12.9. The largest absolute Gasteiger partial charge is 0.416 e. The van der Waals surface area contributed by atoms with Crippen LogP contribution >= 0.6 is 0 Å². The van der Waals surface area contributed by atoms with Gasteiger partial charge in [-0.05, 0) is 36.1 Å². The molecule has 1 fully saturated rings. The molecule has 0 spiro atoms. The van der Waals surface area contributed by atoms with E-state index in [2.05, 4.69) is 4.98 Å². The molecule has 1 aromatic heterocycles. The zero-order valence-electron chi connectivity index (χ0n) is 14.8. The third-order valence-corrected chi connectivity index (χ3v) is 4.51. The minimum Gasteiger partial charge on any atom is -0.376 e. The van der Waals surface area contributed by atoms with Gasteiger partial charge in [0.1, 0.15) is 0 Å². The number of carbonyl (C=O) groups excluding carboxylic acids is 1. The lowest BCUT2D eigenvalue weighted by atomic mass is 10.1. The molecule has 1 atom stereocenters. The molecule has 144 valence electrons. The highest BCUT2D eigenvalue weighted by molar-refractivity contribution is 5.79. The van der Waals surface area contributed by atoms with Crippen LogP contribution in [0.3, 0.4) is 0 Å². The van der Waals surface area contributed by atoms with Crippen molar-refractivity contribution in [2.24, 2.45) is 0 Å². The average molecular weight is 378 g/mol. The van der Waals surface area contributed by atoms with E-state index in [0.29, 0.717) is 25.3 Å². The highest BCUT2D eigenvalue weighted by Crippen LogP contribution is 2.29. The minimum absolute atomic E-state index is 0.0351. The molecular formula is C20H21F3N2O2. The van der Waals surface area contributed by atoms with Crippen molar-refractivity contribution in [2.45, 2.75) is 38.1 Å². The number of hydrogen-bond donors (Lipinski definition) is 0. The Bertz CT molecular complexity index is 759. The van der Waals surface area contributed by atoms with E-state index in [-0.39, 0.29) is 18.4 Å². The van der Waals surface area contributed by atoms with Gasteiger partial charge < -0.3 is 9.64 Å². The van der Waals surface area contributed by atoms with Gasteiger partial charge in [-0.25, -0.2) is 0 Å². The van der Waals surface area contributed by atoms with Crippen LogP contribution in [0.15, 0.2) is 48.8 Å². The Hall–Kier alpha value is -2.41. The number of benzene rings is 1. The summed E-state index contributed by atoms with van der Waals surface area (Å²) in [6.45, 7) is 1.45. The summed E-state index contributed by atoms with van der Waals surface area (Å²) in [6.07, 6.45) is 0.613. The Morgan fingerprint density at radius 3 is 2.70 bits per heavy atom. The number of carbonyl (C=O) groups is 1. The van der Waals surface area contributed by atoms with Crippen LogP contribution in [-0.2, 0) is 28.7 Å². The molecule has 0 saturated carbocycles. The molecular weight excluding hydrogens is 357 g/mol. The molecule has 27 heavy (non-hydrogen) atoms. The molecule has 0 unspecified atom stereocenters. The quantitative estimate of drug-likeness (QED) is 0.767. The minimum atomic E-state index is -4.42. The van der Waals surface area contributed by atoms with Gasteiger partial charge in [0, 0.05) is 32.1 Å². The Kier molecular flexibility index (Phi) is 6.11. The molecule has 7 heteroatoms. The zero-order chi connectivity index (χ0) is 19.3. The smallest absolute Gasteiger partial charge is 0.376 e. The van der Waals surface area contributed by atoms with Gasteiger partial charge in [0.2, 0.25) is 5.91 Å². The SMILES string of the molecule is O=C(Cc1cccc(C(F)(F)F)c1)N(Cc1cccnc1)C[C@@H]1CCCO1. The van der Waals surface area contributed by atoms with Crippen molar-refractivity contribution in [1.29, 1.82) is 0 Å². The van der Waals surface area contributed by atoms with Crippen LogP contribution in [0.4, 0.5) is 13.2 Å². The van der Waals surface area contributed by atoms with Gasteiger partial charge in [-0.3, -0.25) is 9.78 Å². The number of aromatic nitrogens is 1. The normalized spacial score (nSPS) is 17.1. The second kappa shape index (κ2) is 8.52. The molecule has 4 nitrogen and oxygen atoms in total. The van der Waals surface area contributed by atoms with Crippen LogP contribution < -0.4 is 0 Å². The van der Waals surface area contributed by atoms with Gasteiger partial charge in [0.15, 0.2) is 0 Å². The van der Waals surface area contributed by atoms with Gasteiger partial charge in [0.25, 0.3) is 0 Å². The number of alkyl halides is 3. The molecule has 0 N–H and O–H groups in total. The predicted octanol–water partition coefficient (Wildman–Crippen LogP) is 3.85. The number of halogens is 3. The summed E-state index contributed by atoms with van der Waals surface area (Å²) in [6, 6.07) is 8.57. The van der Waals surface area contributed by atoms with E-state index in [1.165, 1.54) is 6.07 Å².